The van der Waals surface area contributed by atoms with E-state index >= 15 is 0 Å². The van der Waals surface area contributed by atoms with E-state index in [2.05, 4.69) is 30.9 Å². The second-order valence-electron chi connectivity index (χ2n) is 6.03. The summed E-state index contributed by atoms with van der Waals surface area (Å²) < 4.78 is 0. The van der Waals surface area contributed by atoms with Crippen LogP contribution in [0.1, 0.15) is 57.6 Å². The van der Waals surface area contributed by atoms with Crippen molar-refractivity contribution in [2.75, 3.05) is 6.54 Å². The topological polar surface area (TPSA) is 29.3 Å². The van der Waals surface area contributed by atoms with Gasteiger partial charge >= 0.3 is 0 Å². The minimum absolute atomic E-state index is 0.417. The molecule has 0 heterocycles. The summed E-state index contributed by atoms with van der Waals surface area (Å²) in [6, 6.07) is 9.85. The van der Waals surface area contributed by atoms with Crippen molar-refractivity contribution in [2.24, 2.45) is 5.73 Å². The van der Waals surface area contributed by atoms with Crippen molar-refractivity contribution < 1.29 is 0 Å². The lowest BCUT2D eigenvalue weighted by Crippen LogP contribution is -2.42. The monoisotopic (exact) mass is 294 g/mol. The van der Waals surface area contributed by atoms with Crippen molar-refractivity contribution in [3.8, 4) is 0 Å². The molecule has 1 fully saturated rings. The Morgan fingerprint density at radius 2 is 1.80 bits per heavy atom. The summed E-state index contributed by atoms with van der Waals surface area (Å²) in [4.78, 5) is 2.66. The molecule has 112 valence electrons. The molecule has 1 saturated carbocycles. The maximum Gasteiger partial charge on any atom is 0.0406 e. The molecule has 1 aliphatic rings. The zero-order valence-corrected chi connectivity index (χ0v) is 13.4. The van der Waals surface area contributed by atoms with Gasteiger partial charge < -0.3 is 5.73 Å². The molecule has 1 aromatic rings. The maximum atomic E-state index is 6.04. The van der Waals surface area contributed by atoms with Crippen molar-refractivity contribution in [1.29, 1.82) is 0 Å². The molecule has 2 rings (SSSR count). The van der Waals surface area contributed by atoms with Crippen LogP contribution >= 0.6 is 11.6 Å². The molecule has 20 heavy (non-hydrogen) atoms. The van der Waals surface area contributed by atoms with E-state index in [0.717, 1.165) is 24.4 Å². The Morgan fingerprint density at radius 1 is 1.20 bits per heavy atom. The predicted octanol–water partition coefficient (Wildman–Crippen LogP) is 4.38. The van der Waals surface area contributed by atoms with Crippen molar-refractivity contribution in [3.05, 3.63) is 34.9 Å². The maximum absolute atomic E-state index is 6.04. The number of hydrogen-bond donors (Lipinski definition) is 1. The first-order valence-electron chi connectivity index (χ1n) is 7.88. The van der Waals surface area contributed by atoms with Crippen LogP contribution < -0.4 is 5.73 Å². The summed E-state index contributed by atoms with van der Waals surface area (Å²) in [5.41, 5.74) is 7.40. The van der Waals surface area contributed by atoms with Gasteiger partial charge in [0.25, 0.3) is 0 Å². The second-order valence-corrected chi connectivity index (χ2v) is 6.47. The average Bonchev–Trinajstić information content (AvgIpc) is 2.46. The zero-order chi connectivity index (χ0) is 14.5. The highest BCUT2D eigenvalue weighted by atomic mass is 35.5. The van der Waals surface area contributed by atoms with Gasteiger partial charge in [0.2, 0.25) is 0 Å². The first-order chi connectivity index (χ1) is 9.61. The van der Waals surface area contributed by atoms with Gasteiger partial charge in [-0.15, -0.1) is 0 Å². The summed E-state index contributed by atoms with van der Waals surface area (Å²) >= 11 is 5.99. The van der Waals surface area contributed by atoms with Gasteiger partial charge in [-0.05, 0) is 63.3 Å². The molecule has 1 aliphatic carbocycles. The third-order valence-corrected chi connectivity index (χ3v) is 4.79. The van der Waals surface area contributed by atoms with Crippen LogP contribution in [0.25, 0.3) is 0 Å². The molecule has 1 aromatic carbocycles. The molecule has 3 heteroatoms. The van der Waals surface area contributed by atoms with Crippen LogP contribution in [0.3, 0.4) is 0 Å². The molecule has 2 N–H and O–H groups in total. The number of rotatable bonds is 5. The molecule has 2 nitrogen and oxygen atoms in total. The van der Waals surface area contributed by atoms with Gasteiger partial charge in [0.15, 0.2) is 0 Å². The lowest BCUT2D eigenvalue weighted by molar-refractivity contribution is 0.107. The zero-order valence-electron chi connectivity index (χ0n) is 12.7. The first-order valence-corrected chi connectivity index (χ1v) is 8.26. The molecular weight excluding hydrogens is 268 g/mol. The molecule has 0 aliphatic heterocycles. The van der Waals surface area contributed by atoms with E-state index in [1.54, 1.807) is 0 Å². The third-order valence-electron chi connectivity index (χ3n) is 4.54. The number of halogens is 1. The minimum atomic E-state index is 0.417. The van der Waals surface area contributed by atoms with E-state index < -0.39 is 0 Å². The van der Waals surface area contributed by atoms with Gasteiger partial charge in [0, 0.05) is 23.1 Å². The highest BCUT2D eigenvalue weighted by molar-refractivity contribution is 6.30. The van der Waals surface area contributed by atoms with Crippen LogP contribution in [0.4, 0.5) is 0 Å². The van der Waals surface area contributed by atoms with E-state index in [0.29, 0.717) is 18.1 Å². The van der Waals surface area contributed by atoms with Gasteiger partial charge in [0.1, 0.15) is 0 Å². The molecule has 0 aromatic heterocycles. The predicted molar refractivity (Wildman–Crippen MR) is 87.1 cm³/mol. The molecule has 1 atom stereocenters. The fraction of sp³-hybridized carbons (Fsp3) is 0.647. The largest absolute Gasteiger partial charge is 0.328 e. The Balaban J connectivity index is 2.08. The van der Waals surface area contributed by atoms with Gasteiger partial charge in [-0.2, -0.15) is 0 Å². The lowest BCUT2D eigenvalue weighted by atomic mass is 9.89. The van der Waals surface area contributed by atoms with Crippen LogP contribution in [0.5, 0.6) is 0 Å². The Hall–Kier alpha value is -0.570. The molecule has 0 amide bonds. The summed E-state index contributed by atoms with van der Waals surface area (Å²) in [6.45, 7) is 5.73. The summed E-state index contributed by atoms with van der Waals surface area (Å²) in [6.07, 6.45) is 6.00. The third kappa shape index (κ3) is 3.97. The van der Waals surface area contributed by atoms with Gasteiger partial charge in [-0.25, -0.2) is 0 Å². The Morgan fingerprint density at radius 3 is 2.35 bits per heavy atom. The first kappa shape index (κ1) is 15.8. The van der Waals surface area contributed by atoms with Crippen LogP contribution in [0, 0.1) is 0 Å². The average molecular weight is 295 g/mol. The molecule has 1 unspecified atom stereocenters. The Labute approximate surface area is 128 Å². The molecule has 0 radical (unpaired) electrons. The van der Waals surface area contributed by atoms with E-state index in [9.17, 15) is 0 Å². The fourth-order valence-electron chi connectivity index (χ4n) is 3.32. The van der Waals surface area contributed by atoms with Crippen LogP contribution in [0.15, 0.2) is 24.3 Å². The van der Waals surface area contributed by atoms with Crippen LogP contribution in [-0.2, 0) is 0 Å². The van der Waals surface area contributed by atoms with Crippen LogP contribution in [0.2, 0.25) is 5.02 Å². The molecule has 0 saturated heterocycles. The number of hydrogen-bond acceptors (Lipinski definition) is 2. The highest BCUT2D eigenvalue weighted by Crippen LogP contribution is 2.30. The quantitative estimate of drug-likeness (QED) is 0.873. The summed E-state index contributed by atoms with van der Waals surface area (Å²) in [5.74, 6) is 0. The van der Waals surface area contributed by atoms with Gasteiger partial charge in [-0.3, -0.25) is 4.90 Å². The standard InChI is InChI=1S/C17H27ClN2/c1-3-12-20(17-10-8-16(19)9-11-17)13(2)14-4-6-15(18)7-5-14/h4-7,13,16-17H,3,8-12,19H2,1-2H3. The number of benzene rings is 1. The van der Waals surface area contributed by atoms with E-state index in [-0.39, 0.29) is 0 Å². The fourth-order valence-corrected chi connectivity index (χ4v) is 3.44. The highest BCUT2D eigenvalue weighted by Gasteiger charge is 2.27. The molecule has 0 bridgehead atoms. The Bertz CT molecular complexity index is 396. The van der Waals surface area contributed by atoms with Crippen molar-refractivity contribution in [1.82, 2.24) is 4.90 Å². The van der Waals surface area contributed by atoms with Gasteiger partial charge in [0.05, 0.1) is 0 Å². The van der Waals surface area contributed by atoms with Gasteiger partial charge in [-0.1, -0.05) is 30.7 Å². The van der Waals surface area contributed by atoms with E-state index in [4.69, 9.17) is 17.3 Å². The Kier molecular flexibility index (Phi) is 5.88. The minimum Gasteiger partial charge on any atom is -0.328 e. The second kappa shape index (κ2) is 7.44. The molecule has 0 spiro atoms. The smallest absolute Gasteiger partial charge is 0.0406 e. The van der Waals surface area contributed by atoms with E-state index in [1.807, 2.05) is 12.1 Å². The number of nitrogens with zero attached hydrogens (tertiary/aromatic N) is 1. The normalized spacial score (nSPS) is 24.9. The lowest BCUT2D eigenvalue weighted by Gasteiger charge is -2.40. The van der Waals surface area contributed by atoms with Crippen molar-refractivity contribution >= 4 is 11.6 Å². The number of nitrogens with two attached hydrogens (primary N) is 1. The molecular formula is C17H27ClN2. The summed E-state index contributed by atoms with van der Waals surface area (Å²) in [7, 11) is 0. The SMILES string of the molecule is CCCN(C1CCC(N)CC1)C(C)c1ccc(Cl)cc1. The van der Waals surface area contributed by atoms with E-state index in [1.165, 1.54) is 24.8 Å². The van der Waals surface area contributed by atoms with Crippen molar-refractivity contribution in [3.63, 3.8) is 0 Å². The van der Waals surface area contributed by atoms with Crippen molar-refractivity contribution in [2.45, 2.75) is 64.1 Å². The summed E-state index contributed by atoms with van der Waals surface area (Å²) in [5, 5.41) is 0.812. The van der Waals surface area contributed by atoms with Crippen LogP contribution in [-0.4, -0.2) is 23.5 Å².